The van der Waals surface area contributed by atoms with E-state index in [4.69, 9.17) is 0 Å². The van der Waals surface area contributed by atoms with E-state index in [0.29, 0.717) is 31.2 Å². The highest BCUT2D eigenvalue weighted by Crippen LogP contribution is 2.21. The average Bonchev–Trinajstić information content (AvgIpc) is 2.68. The molecule has 26 heavy (non-hydrogen) atoms. The molecule has 2 rings (SSSR count). The number of nitrogens with one attached hydrogen (secondary N) is 3. The molecule has 0 saturated carbocycles. The number of aliphatic imine (C=N–C) groups is 1. The van der Waals surface area contributed by atoms with Gasteiger partial charge in [-0.3, -0.25) is 14.8 Å². The predicted octanol–water partition coefficient (Wildman–Crippen LogP) is 2.21. The van der Waals surface area contributed by atoms with Gasteiger partial charge in [0.25, 0.3) is 5.91 Å². The zero-order valence-corrected chi connectivity index (χ0v) is 16.2. The second-order valence-corrected chi connectivity index (χ2v) is 6.51. The van der Waals surface area contributed by atoms with Crippen LogP contribution < -0.4 is 16.0 Å². The molecule has 0 spiro atoms. The molecule has 0 saturated heterocycles. The molecule has 6 nitrogen and oxygen atoms in total. The van der Waals surface area contributed by atoms with Crippen molar-refractivity contribution in [3.8, 4) is 0 Å². The first kappa shape index (κ1) is 19.8. The lowest BCUT2D eigenvalue weighted by Crippen LogP contribution is -2.41. The van der Waals surface area contributed by atoms with Gasteiger partial charge in [-0.1, -0.05) is 12.1 Å². The fourth-order valence-electron chi connectivity index (χ4n) is 2.35. The van der Waals surface area contributed by atoms with Crippen molar-refractivity contribution in [2.75, 3.05) is 26.4 Å². The molecule has 1 aromatic heterocycles. The smallest absolute Gasteiger partial charge is 0.252 e. The summed E-state index contributed by atoms with van der Waals surface area (Å²) in [6.45, 7) is 3.86. The lowest BCUT2D eigenvalue weighted by Gasteiger charge is -2.14. The van der Waals surface area contributed by atoms with E-state index in [0.717, 1.165) is 0 Å². The van der Waals surface area contributed by atoms with Gasteiger partial charge in [-0.05, 0) is 42.5 Å². The minimum Gasteiger partial charge on any atom is -0.355 e. The van der Waals surface area contributed by atoms with Crippen LogP contribution in [0.4, 0.5) is 0 Å². The molecule has 0 fully saturated rings. The number of carbonyl (C=O) groups excluding carboxylic acids is 1. The standard InChI is InChI=1S/C19H25N5OS/c1-14-6-7-15(17(11-14)26-3)13-24-19(20-2)23-10-9-22-18(25)16-5-4-8-21-12-16/h4-8,11-12H,9-10,13H2,1-3H3,(H,22,25)(H2,20,23,24). The predicted molar refractivity (Wildman–Crippen MR) is 108 cm³/mol. The quantitative estimate of drug-likeness (QED) is 0.301. The maximum atomic E-state index is 11.9. The third kappa shape index (κ3) is 6.07. The van der Waals surface area contributed by atoms with Crippen LogP contribution in [0.25, 0.3) is 0 Å². The van der Waals surface area contributed by atoms with Crippen LogP contribution in [0.5, 0.6) is 0 Å². The van der Waals surface area contributed by atoms with E-state index in [2.05, 4.69) is 57.3 Å². The summed E-state index contributed by atoms with van der Waals surface area (Å²) in [6.07, 6.45) is 5.27. The van der Waals surface area contributed by atoms with E-state index in [1.807, 2.05) is 0 Å². The van der Waals surface area contributed by atoms with Crippen molar-refractivity contribution in [1.82, 2.24) is 20.9 Å². The molecule has 7 heteroatoms. The SMILES string of the molecule is CN=C(NCCNC(=O)c1cccnc1)NCc1ccc(C)cc1SC. The molecule has 3 N–H and O–H groups in total. The van der Waals surface area contributed by atoms with Gasteiger partial charge in [0.1, 0.15) is 0 Å². The van der Waals surface area contributed by atoms with Gasteiger partial charge < -0.3 is 16.0 Å². The van der Waals surface area contributed by atoms with E-state index in [1.165, 1.54) is 16.0 Å². The van der Waals surface area contributed by atoms with Crippen LogP contribution in [0.1, 0.15) is 21.5 Å². The molecule has 0 unspecified atom stereocenters. The summed E-state index contributed by atoms with van der Waals surface area (Å²) in [5, 5.41) is 9.35. The van der Waals surface area contributed by atoms with E-state index in [-0.39, 0.29) is 5.91 Å². The van der Waals surface area contributed by atoms with Crippen molar-refractivity contribution in [1.29, 1.82) is 0 Å². The van der Waals surface area contributed by atoms with Crippen LogP contribution in [0.3, 0.4) is 0 Å². The van der Waals surface area contributed by atoms with Crippen LogP contribution in [-0.4, -0.2) is 43.2 Å². The first-order valence-electron chi connectivity index (χ1n) is 8.40. The number of amides is 1. The minimum absolute atomic E-state index is 0.132. The van der Waals surface area contributed by atoms with Crippen molar-refractivity contribution < 1.29 is 4.79 Å². The molecule has 1 amide bonds. The normalized spacial score (nSPS) is 11.1. The van der Waals surface area contributed by atoms with Crippen LogP contribution in [-0.2, 0) is 6.54 Å². The van der Waals surface area contributed by atoms with Crippen molar-refractivity contribution in [3.63, 3.8) is 0 Å². The summed E-state index contributed by atoms with van der Waals surface area (Å²) in [5.41, 5.74) is 3.04. The molecule has 2 aromatic rings. The van der Waals surface area contributed by atoms with E-state index in [1.54, 1.807) is 43.3 Å². The van der Waals surface area contributed by atoms with E-state index < -0.39 is 0 Å². The molecule has 0 atom stereocenters. The number of carbonyl (C=O) groups is 1. The zero-order chi connectivity index (χ0) is 18.8. The Morgan fingerprint density at radius 1 is 1.19 bits per heavy atom. The molecule has 0 bridgehead atoms. The number of guanidine groups is 1. The minimum atomic E-state index is -0.132. The number of aryl methyl sites for hydroxylation is 1. The Kier molecular flexibility index (Phi) is 7.95. The Balaban J connectivity index is 1.75. The monoisotopic (exact) mass is 371 g/mol. The van der Waals surface area contributed by atoms with Crippen molar-refractivity contribution in [2.24, 2.45) is 4.99 Å². The summed E-state index contributed by atoms with van der Waals surface area (Å²) < 4.78 is 0. The summed E-state index contributed by atoms with van der Waals surface area (Å²) >= 11 is 1.74. The second kappa shape index (κ2) is 10.5. The topological polar surface area (TPSA) is 78.4 Å². The number of nitrogens with zero attached hydrogens (tertiary/aromatic N) is 2. The Labute approximate surface area is 158 Å². The zero-order valence-electron chi connectivity index (χ0n) is 15.4. The van der Waals surface area contributed by atoms with Gasteiger partial charge in [0.05, 0.1) is 5.56 Å². The van der Waals surface area contributed by atoms with Gasteiger partial charge >= 0.3 is 0 Å². The molecule has 0 aliphatic carbocycles. The fraction of sp³-hybridized carbons (Fsp3) is 0.316. The molecule has 0 radical (unpaired) electrons. The van der Waals surface area contributed by atoms with E-state index in [9.17, 15) is 4.79 Å². The van der Waals surface area contributed by atoms with Crippen LogP contribution >= 0.6 is 11.8 Å². The summed E-state index contributed by atoms with van der Waals surface area (Å²) in [7, 11) is 1.73. The van der Waals surface area contributed by atoms with Crippen molar-refractivity contribution in [2.45, 2.75) is 18.4 Å². The highest BCUT2D eigenvalue weighted by Gasteiger charge is 2.05. The third-order valence-corrected chi connectivity index (χ3v) is 4.56. The molecule has 1 aromatic carbocycles. The average molecular weight is 372 g/mol. The van der Waals surface area contributed by atoms with Gasteiger partial charge in [0, 0.05) is 44.0 Å². The maximum Gasteiger partial charge on any atom is 0.252 e. The van der Waals surface area contributed by atoms with Crippen molar-refractivity contribution in [3.05, 3.63) is 59.4 Å². The van der Waals surface area contributed by atoms with Crippen LogP contribution in [0.15, 0.2) is 52.6 Å². The maximum absolute atomic E-state index is 11.9. The van der Waals surface area contributed by atoms with Gasteiger partial charge in [0.2, 0.25) is 0 Å². The second-order valence-electron chi connectivity index (χ2n) is 5.67. The van der Waals surface area contributed by atoms with Crippen LogP contribution in [0, 0.1) is 6.92 Å². The number of rotatable bonds is 7. The Hall–Kier alpha value is -2.54. The summed E-state index contributed by atoms with van der Waals surface area (Å²) in [4.78, 5) is 21.4. The van der Waals surface area contributed by atoms with Gasteiger partial charge in [-0.15, -0.1) is 11.8 Å². The number of benzene rings is 1. The number of aromatic nitrogens is 1. The summed E-state index contributed by atoms with van der Waals surface area (Å²) in [5.74, 6) is 0.570. The number of thioether (sulfide) groups is 1. The van der Waals surface area contributed by atoms with Crippen LogP contribution in [0.2, 0.25) is 0 Å². The Morgan fingerprint density at radius 2 is 2.00 bits per heavy atom. The summed E-state index contributed by atoms with van der Waals surface area (Å²) in [6, 6.07) is 9.91. The Morgan fingerprint density at radius 3 is 2.69 bits per heavy atom. The highest BCUT2D eigenvalue weighted by atomic mass is 32.2. The van der Waals surface area contributed by atoms with Crippen molar-refractivity contribution >= 4 is 23.6 Å². The molecule has 1 heterocycles. The van der Waals surface area contributed by atoms with Gasteiger partial charge in [-0.25, -0.2) is 0 Å². The fourth-order valence-corrected chi connectivity index (χ4v) is 3.06. The molecule has 0 aliphatic rings. The van der Waals surface area contributed by atoms with E-state index >= 15 is 0 Å². The molecule has 0 aliphatic heterocycles. The van der Waals surface area contributed by atoms with Gasteiger partial charge in [-0.2, -0.15) is 0 Å². The largest absolute Gasteiger partial charge is 0.355 e. The van der Waals surface area contributed by atoms with Gasteiger partial charge in [0.15, 0.2) is 5.96 Å². The number of hydrogen-bond acceptors (Lipinski definition) is 4. The molecular formula is C19H25N5OS. The molecular weight excluding hydrogens is 346 g/mol. The third-order valence-electron chi connectivity index (χ3n) is 3.74. The number of hydrogen-bond donors (Lipinski definition) is 3. The lowest BCUT2D eigenvalue weighted by molar-refractivity contribution is 0.0954. The lowest BCUT2D eigenvalue weighted by atomic mass is 10.1. The first-order valence-corrected chi connectivity index (χ1v) is 9.62. The highest BCUT2D eigenvalue weighted by molar-refractivity contribution is 7.98. The first-order chi connectivity index (χ1) is 12.6. The number of pyridine rings is 1. The Bertz CT molecular complexity index is 749. The molecule has 138 valence electrons.